The Morgan fingerprint density at radius 3 is 2.20 bits per heavy atom. The van der Waals surface area contributed by atoms with Gasteiger partial charge in [-0.2, -0.15) is 0 Å². The van der Waals surface area contributed by atoms with Crippen molar-refractivity contribution in [2.45, 2.75) is 32.9 Å². The molecule has 0 saturated carbocycles. The second-order valence-corrected chi connectivity index (χ2v) is 6.03. The number of aryl methyl sites for hydroxylation is 1. The van der Waals surface area contributed by atoms with Crippen LogP contribution in [0.25, 0.3) is 0 Å². The lowest BCUT2D eigenvalue weighted by molar-refractivity contribution is 0.495. The van der Waals surface area contributed by atoms with Crippen molar-refractivity contribution < 1.29 is 0 Å². The van der Waals surface area contributed by atoms with Crippen LogP contribution in [-0.2, 0) is 0 Å². The lowest BCUT2D eigenvalue weighted by Gasteiger charge is -2.22. The zero-order valence-electron chi connectivity index (χ0n) is 12.0. The molecule has 2 aromatic rings. The SMILES string of the molecule is Cc1ccc(C(C)NC(C)c2cc(Cl)ccc2Cl)cc1. The van der Waals surface area contributed by atoms with Crippen LogP contribution in [0.2, 0.25) is 10.0 Å². The molecule has 1 nitrogen and oxygen atoms in total. The van der Waals surface area contributed by atoms with Crippen LogP contribution in [-0.4, -0.2) is 0 Å². The molecule has 0 spiro atoms. The summed E-state index contributed by atoms with van der Waals surface area (Å²) >= 11 is 12.3. The average molecular weight is 308 g/mol. The Bertz CT molecular complexity index is 578. The average Bonchev–Trinajstić information content (AvgIpc) is 2.42. The Kier molecular flexibility index (Phi) is 5.09. The fourth-order valence-corrected chi connectivity index (χ4v) is 2.72. The first-order chi connectivity index (χ1) is 9.47. The van der Waals surface area contributed by atoms with Gasteiger partial charge in [0.05, 0.1) is 0 Å². The number of rotatable bonds is 4. The monoisotopic (exact) mass is 307 g/mol. The number of hydrogen-bond acceptors (Lipinski definition) is 1. The standard InChI is InChI=1S/C17H19Cl2N/c1-11-4-6-14(7-5-11)12(2)20-13(3)16-10-15(18)8-9-17(16)19/h4-10,12-13,20H,1-3H3. The van der Waals surface area contributed by atoms with Crippen molar-refractivity contribution in [2.75, 3.05) is 0 Å². The van der Waals surface area contributed by atoms with Gasteiger partial charge in [-0.3, -0.25) is 0 Å². The first-order valence-corrected chi connectivity index (χ1v) is 7.50. The highest BCUT2D eigenvalue weighted by atomic mass is 35.5. The van der Waals surface area contributed by atoms with Crippen LogP contribution in [0, 0.1) is 6.92 Å². The normalized spacial score (nSPS) is 14.1. The highest BCUT2D eigenvalue weighted by Crippen LogP contribution is 2.28. The van der Waals surface area contributed by atoms with Crippen molar-refractivity contribution in [2.24, 2.45) is 0 Å². The molecular weight excluding hydrogens is 289 g/mol. The van der Waals surface area contributed by atoms with Crippen LogP contribution in [0.15, 0.2) is 42.5 Å². The summed E-state index contributed by atoms with van der Waals surface area (Å²) in [7, 11) is 0. The van der Waals surface area contributed by atoms with Gasteiger partial charge in [0.15, 0.2) is 0 Å². The third-order valence-corrected chi connectivity index (χ3v) is 4.08. The minimum Gasteiger partial charge on any atom is -0.304 e. The van der Waals surface area contributed by atoms with E-state index in [9.17, 15) is 0 Å². The van der Waals surface area contributed by atoms with Crippen molar-refractivity contribution >= 4 is 23.2 Å². The molecule has 0 saturated heterocycles. The smallest absolute Gasteiger partial charge is 0.0454 e. The highest BCUT2D eigenvalue weighted by Gasteiger charge is 2.14. The van der Waals surface area contributed by atoms with Gasteiger partial charge in [0.1, 0.15) is 0 Å². The molecule has 2 aromatic carbocycles. The predicted octanol–water partition coefficient (Wildman–Crippen LogP) is 5.71. The van der Waals surface area contributed by atoms with E-state index in [2.05, 4.69) is 50.4 Å². The number of nitrogens with one attached hydrogen (secondary N) is 1. The molecule has 2 atom stereocenters. The summed E-state index contributed by atoms with van der Waals surface area (Å²) in [6, 6.07) is 14.5. The Labute approximate surface area is 130 Å². The van der Waals surface area contributed by atoms with Gasteiger partial charge in [-0.05, 0) is 50.1 Å². The fraction of sp³-hybridized carbons (Fsp3) is 0.294. The molecular formula is C17H19Cl2N. The van der Waals surface area contributed by atoms with Crippen molar-refractivity contribution in [1.29, 1.82) is 0 Å². The maximum Gasteiger partial charge on any atom is 0.0454 e. The molecule has 0 aliphatic carbocycles. The maximum atomic E-state index is 6.24. The van der Waals surface area contributed by atoms with Gasteiger partial charge in [-0.15, -0.1) is 0 Å². The molecule has 1 N–H and O–H groups in total. The van der Waals surface area contributed by atoms with E-state index in [-0.39, 0.29) is 12.1 Å². The summed E-state index contributed by atoms with van der Waals surface area (Å²) in [5.41, 5.74) is 3.56. The van der Waals surface area contributed by atoms with Crippen molar-refractivity contribution in [1.82, 2.24) is 5.32 Å². The van der Waals surface area contributed by atoms with Crippen LogP contribution in [0.3, 0.4) is 0 Å². The highest BCUT2D eigenvalue weighted by molar-refractivity contribution is 6.33. The topological polar surface area (TPSA) is 12.0 Å². The molecule has 0 aromatic heterocycles. The van der Waals surface area contributed by atoms with E-state index in [1.807, 2.05) is 18.2 Å². The van der Waals surface area contributed by atoms with Gasteiger partial charge in [0, 0.05) is 22.1 Å². The molecule has 2 rings (SSSR count). The van der Waals surface area contributed by atoms with E-state index in [4.69, 9.17) is 23.2 Å². The van der Waals surface area contributed by atoms with Gasteiger partial charge < -0.3 is 5.32 Å². The summed E-state index contributed by atoms with van der Waals surface area (Å²) in [6.07, 6.45) is 0. The number of hydrogen-bond donors (Lipinski definition) is 1. The maximum absolute atomic E-state index is 6.24. The molecule has 3 heteroatoms. The lowest BCUT2D eigenvalue weighted by atomic mass is 10.0. The van der Waals surface area contributed by atoms with E-state index in [1.165, 1.54) is 11.1 Å². The zero-order chi connectivity index (χ0) is 14.7. The molecule has 0 aliphatic heterocycles. The Morgan fingerprint density at radius 1 is 0.900 bits per heavy atom. The minimum atomic E-state index is 0.137. The van der Waals surface area contributed by atoms with E-state index >= 15 is 0 Å². The lowest BCUT2D eigenvalue weighted by Crippen LogP contribution is -2.22. The molecule has 0 heterocycles. The molecule has 0 bridgehead atoms. The van der Waals surface area contributed by atoms with E-state index < -0.39 is 0 Å². The predicted molar refractivity (Wildman–Crippen MR) is 87.6 cm³/mol. The Morgan fingerprint density at radius 2 is 1.55 bits per heavy atom. The number of benzene rings is 2. The fourth-order valence-electron chi connectivity index (χ4n) is 2.26. The van der Waals surface area contributed by atoms with Crippen LogP contribution < -0.4 is 5.32 Å². The molecule has 20 heavy (non-hydrogen) atoms. The second-order valence-electron chi connectivity index (χ2n) is 5.19. The summed E-state index contributed by atoms with van der Waals surface area (Å²) in [5, 5.41) is 5.01. The molecule has 0 radical (unpaired) electrons. The summed E-state index contributed by atoms with van der Waals surface area (Å²) in [6.45, 7) is 6.35. The van der Waals surface area contributed by atoms with Crippen molar-refractivity contribution in [3.63, 3.8) is 0 Å². The van der Waals surface area contributed by atoms with Crippen LogP contribution >= 0.6 is 23.2 Å². The van der Waals surface area contributed by atoms with Crippen LogP contribution in [0.5, 0.6) is 0 Å². The quantitative estimate of drug-likeness (QED) is 0.762. The first kappa shape index (κ1) is 15.4. The number of halogens is 2. The third-order valence-electron chi connectivity index (χ3n) is 3.50. The van der Waals surface area contributed by atoms with Crippen molar-refractivity contribution in [3.8, 4) is 0 Å². The van der Waals surface area contributed by atoms with E-state index in [0.717, 1.165) is 10.6 Å². The van der Waals surface area contributed by atoms with Crippen LogP contribution in [0.1, 0.15) is 42.6 Å². The molecule has 0 aliphatic rings. The van der Waals surface area contributed by atoms with E-state index in [0.29, 0.717) is 5.02 Å². The van der Waals surface area contributed by atoms with Gasteiger partial charge >= 0.3 is 0 Å². The molecule has 0 amide bonds. The molecule has 0 fully saturated rings. The van der Waals surface area contributed by atoms with Gasteiger partial charge in [-0.1, -0.05) is 53.0 Å². The molecule has 106 valence electrons. The second kappa shape index (κ2) is 6.62. The van der Waals surface area contributed by atoms with Gasteiger partial charge in [-0.25, -0.2) is 0 Å². The summed E-state index contributed by atoms with van der Waals surface area (Å²) in [4.78, 5) is 0. The van der Waals surface area contributed by atoms with Gasteiger partial charge in [0.2, 0.25) is 0 Å². The summed E-state index contributed by atoms with van der Waals surface area (Å²) in [5.74, 6) is 0. The van der Waals surface area contributed by atoms with Crippen LogP contribution in [0.4, 0.5) is 0 Å². The van der Waals surface area contributed by atoms with Crippen molar-refractivity contribution in [3.05, 3.63) is 69.2 Å². The summed E-state index contributed by atoms with van der Waals surface area (Å²) < 4.78 is 0. The first-order valence-electron chi connectivity index (χ1n) is 6.75. The molecule has 2 unspecified atom stereocenters. The largest absolute Gasteiger partial charge is 0.304 e. The van der Waals surface area contributed by atoms with Gasteiger partial charge in [0.25, 0.3) is 0 Å². The Balaban J connectivity index is 2.12. The third kappa shape index (κ3) is 3.76. The Hall–Kier alpha value is -1.02. The minimum absolute atomic E-state index is 0.137. The van der Waals surface area contributed by atoms with E-state index in [1.54, 1.807) is 0 Å². The zero-order valence-corrected chi connectivity index (χ0v) is 13.5.